The Morgan fingerprint density at radius 1 is 1.00 bits per heavy atom. The van der Waals surface area contributed by atoms with Crippen molar-refractivity contribution in [2.24, 2.45) is 5.41 Å². The summed E-state index contributed by atoms with van der Waals surface area (Å²) in [5.74, 6) is -0.706. The van der Waals surface area contributed by atoms with E-state index in [-0.39, 0.29) is 35.6 Å². The third-order valence-corrected chi connectivity index (χ3v) is 7.96. The average Bonchev–Trinajstić information content (AvgIpc) is 3.75. The van der Waals surface area contributed by atoms with Gasteiger partial charge in [-0.3, -0.25) is 4.39 Å². The van der Waals surface area contributed by atoms with Crippen LogP contribution in [0.1, 0.15) is 51.3 Å². The molecule has 44 heavy (non-hydrogen) atoms. The van der Waals surface area contributed by atoms with Crippen LogP contribution in [0.25, 0.3) is 22.3 Å². The topological polar surface area (TPSA) is 125 Å². The highest BCUT2D eigenvalue weighted by atomic mass is 19.1. The summed E-state index contributed by atoms with van der Waals surface area (Å²) >= 11 is 0. The lowest BCUT2D eigenvalue weighted by Crippen LogP contribution is -2.16. The number of pyridine rings is 1. The fourth-order valence-electron chi connectivity index (χ4n) is 5.17. The molecule has 0 spiro atoms. The van der Waals surface area contributed by atoms with Gasteiger partial charge in [-0.1, -0.05) is 24.3 Å². The fourth-order valence-corrected chi connectivity index (χ4v) is 5.17. The van der Waals surface area contributed by atoms with E-state index in [2.05, 4.69) is 11.1 Å². The van der Waals surface area contributed by atoms with Crippen molar-refractivity contribution in [1.29, 1.82) is 10.5 Å². The number of hydrogen-bond acceptors (Lipinski definition) is 6. The van der Waals surface area contributed by atoms with Crippen molar-refractivity contribution in [3.8, 4) is 29.3 Å². The minimum atomic E-state index is -1.06. The monoisotopic (exact) mass is 589 g/mol. The van der Waals surface area contributed by atoms with Gasteiger partial charge in [-0.2, -0.15) is 10.5 Å². The summed E-state index contributed by atoms with van der Waals surface area (Å²) in [6.45, 7) is -0.169. The molecule has 8 nitrogen and oxygen atoms in total. The number of hydrogen-bond donors (Lipinski definition) is 1. The van der Waals surface area contributed by atoms with Gasteiger partial charge in [0.25, 0.3) is 0 Å². The van der Waals surface area contributed by atoms with E-state index >= 15 is 0 Å². The second kappa shape index (κ2) is 11.6. The zero-order chi connectivity index (χ0) is 30.8. The molecule has 1 aliphatic rings. The predicted octanol–water partition coefficient (Wildman–Crippen LogP) is 6.60. The van der Waals surface area contributed by atoms with Gasteiger partial charge in [0.15, 0.2) is 0 Å². The Balaban J connectivity index is 1.27. The highest BCUT2D eigenvalue weighted by Gasteiger charge is 2.43. The van der Waals surface area contributed by atoms with Gasteiger partial charge in [0, 0.05) is 35.6 Å². The molecular weight excluding hydrogens is 564 g/mol. The molecule has 1 aliphatic carbocycles. The molecule has 0 unspecified atom stereocenters. The number of carboxylic acids is 1. The molecular formula is C34H25F2N5O3. The summed E-state index contributed by atoms with van der Waals surface area (Å²) in [4.78, 5) is 20.9. The number of fused-ring (bicyclic) bond motifs is 1. The lowest BCUT2D eigenvalue weighted by atomic mass is 10.00. The first-order chi connectivity index (χ1) is 21.3. The zero-order valence-corrected chi connectivity index (χ0v) is 23.4. The van der Waals surface area contributed by atoms with Crippen molar-refractivity contribution >= 4 is 17.0 Å². The number of nitriles is 2. The predicted molar refractivity (Wildman–Crippen MR) is 157 cm³/mol. The van der Waals surface area contributed by atoms with Crippen LogP contribution in [-0.2, 0) is 19.6 Å². The summed E-state index contributed by atoms with van der Waals surface area (Å²) < 4.78 is 35.8. The van der Waals surface area contributed by atoms with Crippen LogP contribution in [-0.4, -0.2) is 32.3 Å². The van der Waals surface area contributed by atoms with E-state index in [1.54, 1.807) is 36.4 Å². The zero-order valence-electron chi connectivity index (χ0n) is 23.4. The molecule has 0 atom stereocenters. The van der Waals surface area contributed by atoms with Gasteiger partial charge in [-0.05, 0) is 60.9 Å². The van der Waals surface area contributed by atoms with Crippen LogP contribution in [0.2, 0.25) is 0 Å². The van der Waals surface area contributed by atoms with Gasteiger partial charge in [-0.25, -0.2) is 19.2 Å². The first-order valence-corrected chi connectivity index (χ1v) is 13.9. The minimum absolute atomic E-state index is 0.0744. The Morgan fingerprint density at radius 3 is 2.52 bits per heavy atom. The minimum Gasteiger partial charge on any atom is -0.478 e. The third kappa shape index (κ3) is 5.70. The molecule has 2 heterocycles. The first-order valence-electron chi connectivity index (χ1n) is 13.9. The van der Waals surface area contributed by atoms with Crippen LogP contribution in [0, 0.1) is 33.9 Å². The Morgan fingerprint density at radius 2 is 1.82 bits per heavy atom. The Kier molecular flexibility index (Phi) is 7.50. The van der Waals surface area contributed by atoms with Crippen molar-refractivity contribution in [2.45, 2.75) is 32.4 Å². The maximum absolute atomic E-state index is 14.3. The number of benzene rings is 3. The second-order valence-electron chi connectivity index (χ2n) is 11.0. The van der Waals surface area contributed by atoms with Gasteiger partial charge >= 0.3 is 5.97 Å². The normalized spacial score (nSPS) is 13.3. The molecule has 6 rings (SSSR count). The number of rotatable bonds is 10. The molecule has 1 saturated carbocycles. The molecule has 2 aromatic heterocycles. The summed E-state index contributed by atoms with van der Waals surface area (Å²) in [7, 11) is 0. The number of halogens is 2. The van der Waals surface area contributed by atoms with E-state index in [4.69, 9.17) is 15.0 Å². The molecule has 1 N–H and O–H groups in total. The van der Waals surface area contributed by atoms with E-state index < -0.39 is 23.9 Å². The third-order valence-electron chi connectivity index (χ3n) is 7.96. The smallest absolute Gasteiger partial charge is 0.335 e. The van der Waals surface area contributed by atoms with Gasteiger partial charge in [0.2, 0.25) is 5.88 Å². The number of ether oxygens (including phenoxy) is 1. The van der Waals surface area contributed by atoms with Crippen LogP contribution in [0.15, 0.2) is 72.8 Å². The Labute approximate surface area is 251 Å². The molecule has 3 aromatic carbocycles. The summed E-state index contributed by atoms with van der Waals surface area (Å²) in [6.07, 6.45) is 1.78. The quantitative estimate of drug-likeness (QED) is 0.195. The SMILES string of the molecule is N#Cc1ccc(COc2cccc(-c3ccc(Cc4nc5ccc(C(=O)O)cc5n4CC4(CF)CC4)c(C#N)c3)n2)c(F)c1. The average molecular weight is 590 g/mol. The van der Waals surface area contributed by atoms with Crippen molar-refractivity contribution in [1.82, 2.24) is 14.5 Å². The molecule has 0 saturated heterocycles. The van der Waals surface area contributed by atoms with Crippen LogP contribution >= 0.6 is 0 Å². The fraction of sp³-hybridized carbons (Fsp3) is 0.206. The van der Waals surface area contributed by atoms with E-state index in [9.17, 15) is 23.9 Å². The van der Waals surface area contributed by atoms with Gasteiger partial charge in [0.1, 0.15) is 18.2 Å². The summed E-state index contributed by atoms with van der Waals surface area (Å²) in [5, 5.41) is 28.5. The summed E-state index contributed by atoms with van der Waals surface area (Å²) in [6, 6.07) is 23.6. The lowest BCUT2D eigenvalue weighted by Gasteiger charge is -2.16. The van der Waals surface area contributed by atoms with Crippen LogP contribution in [0.5, 0.6) is 5.88 Å². The molecule has 1 fully saturated rings. The number of carbonyl (C=O) groups is 1. The van der Waals surface area contributed by atoms with Crippen LogP contribution in [0.3, 0.4) is 0 Å². The van der Waals surface area contributed by atoms with Gasteiger partial charge in [-0.15, -0.1) is 0 Å². The molecule has 10 heteroatoms. The van der Waals surface area contributed by atoms with E-state index in [1.165, 1.54) is 18.2 Å². The second-order valence-corrected chi connectivity index (χ2v) is 11.0. The van der Waals surface area contributed by atoms with Crippen molar-refractivity contribution in [3.63, 3.8) is 0 Å². The number of alkyl halides is 1. The van der Waals surface area contributed by atoms with E-state index in [1.807, 2.05) is 22.8 Å². The van der Waals surface area contributed by atoms with Crippen molar-refractivity contribution in [3.05, 3.63) is 112 Å². The van der Waals surface area contributed by atoms with Crippen molar-refractivity contribution < 1.29 is 23.4 Å². The number of imidazole rings is 1. The standard InChI is InChI=1S/C34H25F2N5O3/c35-19-34(10-11-34)20-41-30-14-24(33(42)43)8-9-29(30)39-31(41)15-22-6-7-23(13-26(22)17-38)28-2-1-3-32(40-28)44-18-25-5-4-21(16-37)12-27(25)36/h1-9,12-14H,10-11,15,18-20H2,(H,42,43). The molecule has 5 aromatic rings. The maximum Gasteiger partial charge on any atom is 0.335 e. The molecule has 218 valence electrons. The van der Waals surface area contributed by atoms with Crippen LogP contribution < -0.4 is 4.74 Å². The number of aromatic nitrogens is 3. The number of nitrogens with zero attached hydrogens (tertiary/aromatic N) is 5. The van der Waals surface area contributed by atoms with Crippen LogP contribution in [0.4, 0.5) is 8.78 Å². The molecule has 0 aliphatic heterocycles. The molecule has 0 bridgehead atoms. The Hall–Kier alpha value is -5.61. The maximum atomic E-state index is 14.3. The highest BCUT2D eigenvalue weighted by molar-refractivity contribution is 5.92. The van der Waals surface area contributed by atoms with Gasteiger partial charge < -0.3 is 14.4 Å². The molecule has 0 amide bonds. The highest BCUT2D eigenvalue weighted by Crippen LogP contribution is 2.48. The number of carboxylic acid groups (broad SMARTS) is 1. The van der Waals surface area contributed by atoms with E-state index in [0.717, 1.165) is 18.9 Å². The lowest BCUT2D eigenvalue weighted by molar-refractivity contribution is 0.0697. The summed E-state index contributed by atoms with van der Waals surface area (Å²) in [5.41, 5.74) is 3.73. The van der Waals surface area contributed by atoms with E-state index in [0.29, 0.717) is 45.8 Å². The molecule has 0 radical (unpaired) electrons. The number of aromatic carboxylic acids is 1. The van der Waals surface area contributed by atoms with Crippen molar-refractivity contribution in [2.75, 3.05) is 6.67 Å². The van der Waals surface area contributed by atoms with Gasteiger partial charge in [0.05, 0.1) is 52.2 Å². The Bertz CT molecular complexity index is 2000. The first kappa shape index (κ1) is 28.5. The largest absolute Gasteiger partial charge is 0.478 e.